The lowest BCUT2D eigenvalue weighted by Crippen LogP contribution is -2.33. The maximum absolute atomic E-state index is 9.97. The van der Waals surface area contributed by atoms with Gasteiger partial charge >= 0.3 is 0 Å². The Labute approximate surface area is 101 Å². The second kappa shape index (κ2) is 7.66. The van der Waals surface area contributed by atoms with Crippen LogP contribution in [-0.2, 0) is 4.79 Å². The minimum absolute atomic E-state index is 0.192. The van der Waals surface area contributed by atoms with Crippen LogP contribution in [0.4, 0.5) is 0 Å². The summed E-state index contributed by atoms with van der Waals surface area (Å²) in [7, 11) is 6.54. The van der Waals surface area contributed by atoms with E-state index >= 15 is 0 Å². The highest BCUT2D eigenvalue weighted by atomic mass is 16.4. The molecule has 0 aliphatic rings. The third-order valence-corrected chi connectivity index (χ3v) is 2.26. The molecule has 3 heteroatoms. The molecule has 0 saturated carbocycles. The normalized spacial score (nSPS) is 11.7. The molecule has 0 aromatic carbocycles. The molecule has 0 rings (SSSR count). The first-order valence-corrected chi connectivity index (χ1v) is 5.98. The van der Waals surface area contributed by atoms with E-state index in [-0.39, 0.29) is 11.8 Å². The van der Waals surface area contributed by atoms with E-state index in [0.29, 0.717) is 0 Å². The highest BCUT2D eigenvalue weighted by Gasteiger charge is 2.08. The highest BCUT2D eigenvalue weighted by Crippen LogP contribution is 2.20. The molecule has 0 aliphatic heterocycles. The Morgan fingerprint density at radius 1 is 1.19 bits per heavy atom. The topological polar surface area (TPSA) is 40.1 Å². The Morgan fingerprint density at radius 3 is 1.75 bits per heavy atom. The molecule has 0 atom stereocenters. The van der Waals surface area contributed by atoms with Gasteiger partial charge in [0.05, 0.1) is 27.7 Å². The van der Waals surface area contributed by atoms with Gasteiger partial charge in [-0.2, -0.15) is 0 Å². The van der Waals surface area contributed by atoms with Crippen molar-refractivity contribution in [3.8, 4) is 0 Å². The van der Waals surface area contributed by atoms with Crippen molar-refractivity contribution >= 4 is 5.97 Å². The van der Waals surface area contributed by atoms with Gasteiger partial charge in [-0.25, -0.2) is 0 Å². The van der Waals surface area contributed by atoms with Crippen molar-refractivity contribution in [3.63, 3.8) is 0 Å². The first-order chi connectivity index (χ1) is 6.98. The third kappa shape index (κ3) is 23.3. The van der Waals surface area contributed by atoms with Crippen molar-refractivity contribution in [2.24, 2.45) is 5.41 Å². The van der Waals surface area contributed by atoms with Gasteiger partial charge in [0.15, 0.2) is 0 Å². The largest absolute Gasteiger partial charge is 0.550 e. The van der Waals surface area contributed by atoms with Crippen LogP contribution in [0.2, 0.25) is 0 Å². The summed E-state index contributed by atoms with van der Waals surface area (Å²) >= 11 is 0. The molecule has 98 valence electrons. The molecule has 0 aromatic heterocycles. The number of hydrogen-bond acceptors (Lipinski definition) is 2. The van der Waals surface area contributed by atoms with Crippen LogP contribution in [0.25, 0.3) is 0 Å². The molecule has 0 amide bonds. The summed E-state index contributed by atoms with van der Waals surface area (Å²) in [6, 6.07) is 0. The molecule has 0 N–H and O–H groups in total. The van der Waals surface area contributed by atoms with Crippen molar-refractivity contribution < 1.29 is 14.4 Å². The molecule has 0 saturated heterocycles. The zero-order valence-corrected chi connectivity index (χ0v) is 12.1. The maximum atomic E-state index is 9.97. The van der Waals surface area contributed by atoms with Crippen LogP contribution in [0.15, 0.2) is 0 Å². The number of aliphatic carboxylic acids is 1. The third-order valence-electron chi connectivity index (χ3n) is 2.26. The van der Waals surface area contributed by atoms with E-state index in [1.165, 1.54) is 6.54 Å². The van der Waals surface area contributed by atoms with Crippen molar-refractivity contribution in [3.05, 3.63) is 0 Å². The van der Waals surface area contributed by atoms with Crippen molar-refractivity contribution in [2.75, 3.05) is 27.7 Å². The summed E-state index contributed by atoms with van der Waals surface area (Å²) in [5, 5.41) is 9.97. The van der Waals surface area contributed by atoms with Gasteiger partial charge in [0, 0.05) is 5.97 Å². The molecule has 0 fully saturated rings. The Balaban J connectivity index is 0. The lowest BCUT2D eigenvalue weighted by atomic mass is 9.90. The van der Waals surface area contributed by atoms with Gasteiger partial charge in [-0.1, -0.05) is 20.8 Å². The molecule has 0 bridgehead atoms. The highest BCUT2D eigenvalue weighted by molar-refractivity contribution is 5.64. The van der Waals surface area contributed by atoms with E-state index in [9.17, 15) is 9.90 Å². The predicted octanol–water partition coefficient (Wildman–Crippen LogP) is 1.67. The molecule has 16 heavy (non-hydrogen) atoms. The second-order valence-electron chi connectivity index (χ2n) is 6.39. The Bertz CT molecular complexity index is 187. The first kappa shape index (κ1) is 17.8. The van der Waals surface area contributed by atoms with Crippen molar-refractivity contribution in [2.45, 2.75) is 47.0 Å². The molecule has 0 heterocycles. The zero-order valence-electron chi connectivity index (χ0n) is 12.1. The summed E-state index contributed by atoms with van der Waals surface area (Å²) in [6.07, 6.45) is 1.87. The number of carbonyl (C=O) groups is 1. The average Bonchev–Trinajstić information content (AvgIpc) is 2.00. The van der Waals surface area contributed by atoms with Gasteiger partial charge in [0.25, 0.3) is 0 Å². The lowest BCUT2D eigenvalue weighted by molar-refractivity contribution is -0.868. The van der Waals surface area contributed by atoms with Gasteiger partial charge in [0.1, 0.15) is 0 Å². The first-order valence-electron chi connectivity index (χ1n) is 5.98. The Kier molecular flexibility index (Phi) is 8.53. The van der Waals surface area contributed by atoms with Gasteiger partial charge in [0.2, 0.25) is 0 Å². The van der Waals surface area contributed by atoms with Crippen LogP contribution >= 0.6 is 0 Å². The van der Waals surface area contributed by atoms with Crippen LogP contribution in [0.3, 0.4) is 0 Å². The number of rotatable bonds is 4. The Hall–Kier alpha value is -0.570. The van der Waals surface area contributed by atoms with Crippen molar-refractivity contribution in [1.29, 1.82) is 0 Å². The average molecular weight is 231 g/mol. The minimum Gasteiger partial charge on any atom is -0.550 e. The van der Waals surface area contributed by atoms with E-state index in [1.54, 1.807) is 0 Å². The summed E-state index contributed by atoms with van der Waals surface area (Å²) in [5.41, 5.74) is 0.245. The number of hydrogen-bond donors (Lipinski definition) is 0. The van der Waals surface area contributed by atoms with E-state index < -0.39 is 5.97 Å². The number of carbonyl (C=O) groups excluding carboxylic acids is 1. The number of nitrogens with zero attached hydrogens (tertiary/aromatic N) is 1. The number of carboxylic acid groups (broad SMARTS) is 1. The summed E-state index contributed by atoms with van der Waals surface area (Å²) < 4.78 is 1.07. The fourth-order valence-corrected chi connectivity index (χ4v) is 0.763. The minimum atomic E-state index is -0.941. The molecule has 3 nitrogen and oxygen atoms in total. The van der Waals surface area contributed by atoms with Crippen LogP contribution in [0.1, 0.15) is 47.0 Å². The molecule has 0 unspecified atom stereocenters. The molecular weight excluding hydrogens is 202 g/mol. The number of carboxylic acids is 1. The van der Waals surface area contributed by atoms with E-state index in [4.69, 9.17) is 0 Å². The van der Waals surface area contributed by atoms with E-state index in [2.05, 4.69) is 48.8 Å². The van der Waals surface area contributed by atoms with Gasteiger partial charge in [-0.15, -0.1) is 0 Å². The van der Waals surface area contributed by atoms with Crippen LogP contribution in [0, 0.1) is 5.41 Å². The van der Waals surface area contributed by atoms with Crippen LogP contribution in [-0.4, -0.2) is 38.1 Å². The van der Waals surface area contributed by atoms with Crippen LogP contribution in [0.5, 0.6) is 0 Å². The molecule has 0 aliphatic carbocycles. The monoisotopic (exact) mass is 231 g/mol. The van der Waals surface area contributed by atoms with Gasteiger partial charge in [-0.3, -0.25) is 0 Å². The quantitative estimate of drug-likeness (QED) is 0.690. The molecule has 0 spiro atoms. The standard InChI is InChI=1S/C8H16O2.C5H14N/c1-8(2,3)6-4-5-7(9)10;1-5-6(2,3)4/h4-6H2,1-3H3,(H,9,10);5H2,1-4H3/q;+1/p-1. The fourth-order valence-electron chi connectivity index (χ4n) is 0.763. The Morgan fingerprint density at radius 2 is 1.56 bits per heavy atom. The zero-order chi connectivity index (χ0) is 13.4. The SMILES string of the molecule is CC(C)(C)CCCC(=O)[O-].CC[N+](C)(C)C. The molecular formula is C13H29NO2. The van der Waals surface area contributed by atoms with Crippen LogP contribution < -0.4 is 5.11 Å². The summed E-state index contributed by atoms with van der Waals surface area (Å²) in [6.45, 7) is 9.69. The molecule has 0 aromatic rings. The van der Waals surface area contributed by atoms with E-state index in [1.807, 2.05) is 0 Å². The fraction of sp³-hybridized carbons (Fsp3) is 0.923. The van der Waals surface area contributed by atoms with E-state index in [0.717, 1.165) is 17.3 Å². The maximum Gasteiger partial charge on any atom is 0.0751 e. The summed E-state index contributed by atoms with van der Waals surface area (Å²) in [5.74, 6) is -0.941. The lowest BCUT2D eigenvalue weighted by Gasteiger charge is -2.20. The van der Waals surface area contributed by atoms with Crippen molar-refractivity contribution in [1.82, 2.24) is 0 Å². The smallest absolute Gasteiger partial charge is 0.0751 e. The van der Waals surface area contributed by atoms with Gasteiger partial charge < -0.3 is 14.4 Å². The molecule has 0 radical (unpaired) electrons. The summed E-state index contributed by atoms with van der Waals surface area (Å²) in [4.78, 5) is 9.97. The van der Waals surface area contributed by atoms with Gasteiger partial charge in [-0.05, 0) is 31.6 Å². The number of quaternary nitrogens is 1. The predicted molar refractivity (Wildman–Crippen MR) is 66.9 cm³/mol. The second-order valence-corrected chi connectivity index (χ2v) is 6.39.